The van der Waals surface area contributed by atoms with Gasteiger partial charge in [0.1, 0.15) is 11.5 Å². The number of carbonyl (C=O) groups excluding carboxylic acids is 1. The van der Waals surface area contributed by atoms with Gasteiger partial charge in [0.25, 0.3) is 5.91 Å². The Morgan fingerprint density at radius 1 is 1.00 bits per heavy atom. The van der Waals surface area contributed by atoms with Gasteiger partial charge in [-0.2, -0.15) is 0 Å². The van der Waals surface area contributed by atoms with Crippen LogP contribution in [-0.2, 0) is 6.54 Å². The fourth-order valence-electron chi connectivity index (χ4n) is 2.25. The number of nitrogens with zero attached hydrogens (tertiary/aromatic N) is 2. The maximum absolute atomic E-state index is 12.3. The number of halogens is 2. The van der Waals surface area contributed by atoms with Crippen LogP contribution in [0.25, 0.3) is 0 Å². The fraction of sp³-hybridized carbons (Fsp3) is 0.105. The normalized spacial score (nSPS) is 10.4. The number of rotatable bonds is 5. The van der Waals surface area contributed by atoms with Crippen LogP contribution in [0.1, 0.15) is 21.6 Å². The molecule has 0 atom stereocenters. The second kappa shape index (κ2) is 8.17. The topological polar surface area (TPSA) is 66.9 Å². The molecule has 0 spiro atoms. The van der Waals surface area contributed by atoms with Gasteiger partial charge in [0.15, 0.2) is 0 Å². The van der Waals surface area contributed by atoms with Gasteiger partial charge in [0.05, 0.1) is 12.4 Å². The number of hydrogen-bond donors (Lipinski definition) is 2. The van der Waals surface area contributed by atoms with Crippen LogP contribution in [-0.4, -0.2) is 15.9 Å². The third-order valence-corrected chi connectivity index (χ3v) is 4.21. The van der Waals surface area contributed by atoms with E-state index in [-0.39, 0.29) is 11.6 Å². The summed E-state index contributed by atoms with van der Waals surface area (Å²) >= 11 is 11.8. The van der Waals surface area contributed by atoms with Crippen molar-refractivity contribution >= 4 is 40.6 Å². The van der Waals surface area contributed by atoms with Crippen molar-refractivity contribution < 1.29 is 4.79 Å². The minimum atomic E-state index is -0.341. The first-order chi connectivity index (χ1) is 12.5. The van der Waals surface area contributed by atoms with E-state index in [9.17, 15) is 4.79 Å². The van der Waals surface area contributed by atoms with Crippen LogP contribution in [0.5, 0.6) is 0 Å². The highest BCUT2D eigenvalue weighted by molar-refractivity contribution is 6.31. The van der Waals surface area contributed by atoms with Gasteiger partial charge in [-0.15, -0.1) is 0 Å². The first kappa shape index (κ1) is 18.2. The van der Waals surface area contributed by atoms with E-state index in [4.69, 9.17) is 23.2 Å². The highest BCUT2D eigenvalue weighted by Gasteiger charge is 2.10. The minimum absolute atomic E-state index is 0.224. The molecule has 1 aromatic heterocycles. The number of hydrogen-bond acceptors (Lipinski definition) is 4. The number of aromatic nitrogens is 2. The molecular formula is C19H16Cl2N4O. The van der Waals surface area contributed by atoms with E-state index in [1.54, 1.807) is 12.1 Å². The van der Waals surface area contributed by atoms with Gasteiger partial charge in [-0.1, -0.05) is 41.4 Å². The Labute approximate surface area is 161 Å². The summed E-state index contributed by atoms with van der Waals surface area (Å²) in [6, 6.07) is 12.8. The molecule has 132 valence electrons. The monoisotopic (exact) mass is 386 g/mol. The van der Waals surface area contributed by atoms with Gasteiger partial charge >= 0.3 is 0 Å². The summed E-state index contributed by atoms with van der Waals surface area (Å²) < 4.78 is 0. The van der Waals surface area contributed by atoms with Crippen molar-refractivity contribution in [3.63, 3.8) is 0 Å². The van der Waals surface area contributed by atoms with Crippen LogP contribution in [0.15, 0.2) is 54.9 Å². The number of amides is 1. The lowest BCUT2D eigenvalue weighted by molar-refractivity contribution is 0.102. The van der Waals surface area contributed by atoms with Crippen LogP contribution in [0.2, 0.25) is 10.0 Å². The van der Waals surface area contributed by atoms with E-state index in [0.29, 0.717) is 28.1 Å². The quantitative estimate of drug-likeness (QED) is 0.650. The van der Waals surface area contributed by atoms with Gasteiger partial charge in [0, 0.05) is 22.3 Å². The Balaban J connectivity index is 1.62. The number of aryl methyl sites for hydroxylation is 1. The standard InChI is InChI=1S/C19H16Cl2N4O/c1-12-2-5-15(21)8-16(12)25-19(26)17-10-24-18(11-22-17)23-9-13-3-6-14(20)7-4-13/h2-8,10-11H,9H2,1H3,(H,23,24)(H,25,26). The molecule has 26 heavy (non-hydrogen) atoms. The molecule has 0 aliphatic heterocycles. The molecule has 0 aliphatic carbocycles. The Bertz CT molecular complexity index is 912. The van der Waals surface area contributed by atoms with Gasteiger partial charge in [-0.05, 0) is 42.3 Å². The molecule has 5 nitrogen and oxygen atoms in total. The summed E-state index contributed by atoms with van der Waals surface area (Å²) in [5.74, 6) is 0.238. The lowest BCUT2D eigenvalue weighted by atomic mass is 10.2. The van der Waals surface area contributed by atoms with Gasteiger partial charge in [0.2, 0.25) is 0 Å². The zero-order valence-corrected chi connectivity index (χ0v) is 15.5. The molecule has 7 heteroatoms. The minimum Gasteiger partial charge on any atom is -0.365 e. The average molecular weight is 387 g/mol. The van der Waals surface area contributed by atoms with E-state index < -0.39 is 0 Å². The Morgan fingerprint density at radius 3 is 2.42 bits per heavy atom. The predicted molar refractivity (Wildman–Crippen MR) is 105 cm³/mol. The molecule has 0 radical (unpaired) electrons. The van der Waals surface area contributed by atoms with E-state index in [0.717, 1.165) is 11.1 Å². The van der Waals surface area contributed by atoms with E-state index in [1.165, 1.54) is 12.4 Å². The molecular weight excluding hydrogens is 371 g/mol. The zero-order chi connectivity index (χ0) is 18.5. The summed E-state index contributed by atoms with van der Waals surface area (Å²) in [5, 5.41) is 7.19. The summed E-state index contributed by atoms with van der Waals surface area (Å²) in [7, 11) is 0. The van der Waals surface area contributed by atoms with Gasteiger partial charge in [-0.3, -0.25) is 4.79 Å². The third-order valence-electron chi connectivity index (χ3n) is 3.72. The first-order valence-electron chi connectivity index (χ1n) is 7.89. The molecule has 3 rings (SSSR count). The summed E-state index contributed by atoms with van der Waals surface area (Å²) in [6.45, 7) is 2.47. The molecule has 2 aromatic carbocycles. The molecule has 0 unspecified atom stereocenters. The van der Waals surface area contributed by atoms with Gasteiger partial charge in [-0.25, -0.2) is 9.97 Å². The summed E-state index contributed by atoms with van der Waals surface area (Å²) in [6.07, 6.45) is 2.95. The molecule has 0 fully saturated rings. The molecule has 3 aromatic rings. The lowest BCUT2D eigenvalue weighted by Crippen LogP contribution is -2.15. The maximum Gasteiger partial charge on any atom is 0.275 e. The largest absolute Gasteiger partial charge is 0.365 e. The lowest BCUT2D eigenvalue weighted by Gasteiger charge is -2.09. The number of carbonyl (C=O) groups is 1. The molecule has 2 N–H and O–H groups in total. The number of nitrogens with one attached hydrogen (secondary N) is 2. The Hall–Kier alpha value is -2.63. The SMILES string of the molecule is Cc1ccc(Cl)cc1NC(=O)c1cnc(NCc2ccc(Cl)cc2)cn1. The van der Waals surface area contributed by atoms with Crippen molar-refractivity contribution in [3.05, 3.63) is 81.7 Å². The zero-order valence-electron chi connectivity index (χ0n) is 14.0. The van der Waals surface area contributed by atoms with Crippen molar-refractivity contribution in [1.29, 1.82) is 0 Å². The Morgan fingerprint density at radius 2 is 1.73 bits per heavy atom. The van der Waals surface area contributed by atoms with Crippen LogP contribution >= 0.6 is 23.2 Å². The molecule has 0 aliphatic rings. The Kier molecular flexibility index (Phi) is 5.71. The average Bonchev–Trinajstić information content (AvgIpc) is 2.64. The van der Waals surface area contributed by atoms with Crippen LogP contribution in [0.4, 0.5) is 11.5 Å². The van der Waals surface area contributed by atoms with Crippen LogP contribution in [0.3, 0.4) is 0 Å². The van der Waals surface area contributed by atoms with E-state index in [1.807, 2.05) is 37.3 Å². The van der Waals surface area contributed by atoms with Crippen LogP contribution in [0, 0.1) is 6.92 Å². The van der Waals surface area contributed by atoms with Crippen molar-refractivity contribution in [1.82, 2.24) is 9.97 Å². The molecule has 1 amide bonds. The first-order valence-corrected chi connectivity index (χ1v) is 8.65. The predicted octanol–water partition coefficient (Wildman–Crippen LogP) is 4.96. The van der Waals surface area contributed by atoms with E-state index in [2.05, 4.69) is 20.6 Å². The maximum atomic E-state index is 12.3. The molecule has 0 saturated heterocycles. The molecule has 0 bridgehead atoms. The third kappa shape index (κ3) is 4.71. The summed E-state index contributed by atoms with van der Waals surface area (Å²) in [5.41, 5.74) is 2.85. The second-order valence-corrected chi connectivity index (χ2v) is 6.55. The van der Waals surface area contributed by atoms with Crippen LogP contribution < -0.4 is 10.6 Å². The number of benzene rings is 2. The smallest absolute Gasteiger partial charge is 0.275 e. The number of anilines is 2. The summed E-state index contributed by atoms with van der Waals surface area (Å²) in [4.78, 5) is 20.7. The van der Waals surface area contributed by atoms with E-state index >= 15 is 0 Å². The van der Waals surface area contributed by atoms with Gasteiger partial charge < -0.3 is 10.6 Å². The second-order valence-electron chi connectivity index (χ2n) is 5.68. The van der Waals surface area contributed by atoms with Crippen molar-refractivity contribution in [2.75, 3.05) is 10.6 Å². The molecule has 0 saturated carbocycles. The highest BCUT2D eigenvalue weighted by Crippen LogP contribution is 2.20. The highest BCUT2D eigenvalue weighted by atomic mass is 35.5. The van der Waals surface area contributed by atoms with Crippen molar-refractivity contribution in [2.45, 2.75) is 13.5 Å². The fourth-order valence-corrected chi connectivity index (χ4v) is 2.54. The van der Waals surface area contributed by atoms with Crippen molar-refractivity contribution in [3.8, 4) is 0 Å². The van der Waals surface area contributed by atoms with Crippen molar-refractivity contribution in [2.24, 2.45) is 0 Å². The molecule has 1 heterocycles.